The molecule has 1 heterocycles. The number of rotatable bonds is 5. The largest absolute Gasteiger partial charge is 0.454 e. The average Bonchev–Trinajstić information content (AvgIpc) is 3.04. The van der Waals surface area contributed by atoms with Crippen LogP contribution in [0.3, 0.4) is 0 Å². The third-order valence-electron chi connectivity index (χ3n) is 4.73. The van der Waals surface area contributed by atoms with Gasteiger partial charge >= 0.3 is 5.97 Å². The smallest absolute Gasteiger partial charge is 0.338 e. The lowest BCUT2D eigenvalue weighted by Gasteiger charge is -2.14. The number of benzene rings is 3. The van der Waals surface area contributed by atoms with Crippen LogP contribution in [0.2, 0.25) is 10.0 Å². The summed E-state index contributed by atoms with van der Waals surface area (Å²) in [6, 6.07) is 16.7. The van der Waals surface area contributed by atoms with E-state index in [4.69, 9.17) is 27.9 Å². The van der Waals surface area contributed by atoms with E-state index in [1.807, 2.05) is 0 Å². The van der Waals surface area contributed by atoms with E-state index >= 15 is 0 Å². The predicted molar refractivity (Wildman–Crippen MR) is 115 cm³/mol. The molecule has 4 rings (SSSR count). The minimum atomic E-state index is -0.720. The van der Waals surface area contributed by atoms with Crippen molar-refractivity contribution >= 4 is 52.5 Å². The molecule has 0 saturated carbocycles. The number of ketones is 1. The van der Waals surface area contributed by atoms with Crippen molar-refractivity contribution in [3.8, 4) is 0 Å². The van der Waals surface area contributed by atoms with Crippen LogP contribution in [0.5, 0.6) is 0 Å². The summed E-state index contributed by atoms with van der Waals surface area (Å²) < 4.78 is 5.06. The molecule has 2 amide bonds. The zero-order valence-corrected chi connectivity index (χ0v) is 17.3. The molecule has 0 aromatic heterocycles. The molecule has 8 heteroatoms. The molecule has 3 aromatic carbocycles. The van der Waals surface area contributed by atoms with Gasteiger partial charge in [0.1, 0.15) is 0 Å². The number of carbonyl (C=O) groups is 4. The van der Waals surface area contributed by atoms with Crippen LogP contribution < -0.4 is 4.90 Å². The molecule has 0 atom stereocenters. The lowest BCUT2D eigenvalue weighted by atomic mass is 10.1. The first-order chi connectivity index (χ1) is 14.9. The highest BCUT2D eigenvalue weighted by Crippen LogP contribution is 2.28. The van der Waals surface area contributed by atoms with Gasteiger partial charge in [-0.15, -0.1) is 0 Å². The lowest BCUT2D eigenvalue weighted by Crippen LogP contribution is -2.29. The number of imide groups is 1. The minimum Gasteiger partial charge on any atom is -0.454 e. The van der Waals surface area contributed by atoms with Crippen molar-refractivity contribution in [2.45, 2.75) is 0 Å². The fourth-order valence-electron chi connectivity index (χ4n) is 3.14. The first-order valence-electron chi connectivity index (χ1n) is 9.10. The molecule has 0 aliphatic carbocycles. The van der Waals surface area contributed by atoms with E-state index in [9.17, 15) is 19.2 Å². The molecule has 0 radical (unpaired) electrons. The highest BCUT2D eigenvalue weighted by Gasteiger charge is 2.36. The molecule has 1 aliphatic heterocycles. The van der Waals surface area contributed by atoms with Crippen molar-refractivity contribution in [3.05, 3.63) is 99.0 Å². The summed E-state index contributed by atoms with van der Waals surface area (Å²) in [5.74, 6) is -2.01. The fraction of sp³-hybridized carbons (Fsp3) is 0.0435. The van der Waals surface area contributed by atoms with Crippen molar-refractivity contribution < 1.29 is 23.9 Å². The Morgan fingerprint density at radius 3 is 1.94 bits per heavy atom. The van der Waals surface area contributed by atoms with E-state index in [0.29, 0.717) is 21.8 Å². The van der Waals surface area contributed by atoms with E-state index in [0.717, 1.165) is 4.90 Å². The second-order valence-corrected chi connectivity index (χ2v) is 7.48. The van der Waals surface area contributed by atoms with Crippen molar-refractivity contribution in [2.75, 3.05) is 11.5 Å². The number of hydrogen-bond acceptors (Lipinski definition) is 5. The number of esters is 1. The van der Waals surface area contributed by atoms with E-state index in [1.165, 1.54) is 42.5 Å². The second-order valence-electron chi connectivity index (χ2n) is 6.67. The van der Waals surface area contributed by atoms with Crippen molar-refractivity contribution in [1.82, 2.24) is 0 Å². The van der Waals surface area contributed by atoms with E-state index in [1.54, 1.807) is 24.3 Å². The van der Waals surface area contributed by atoms with Gasteiger partial charge in [0.25, 0.3) is 11.8 Å². The number of nitrogens with zero attached hydrogens (tertiary/aromatic N) is 1. The number of fused-ring (bicyclic) bond motifs is 1. The van der Waals surface area contributed by atoms with Crippen LogP contribution in [0.1, 0.15) is 41.4 Å². The number of carbonyl (C=O) groups excluding carboxylic acids is 4. The summed E-state index contributed by atoms with van der Waals surface area (Å²) in [5.41, 5.74) is 1.42. The lowest BCUT2D eigenvalue weighted by molar-refractivity contribution is 0.0474. The van der Waals surface area contributed by atoms with Gasteiger partial charge in [-0.2, -0.15) is 0 Å². The maximum absolute atomic E-state index is 12.5. The van der Waals surface area contributed by atoms with Gasteiger partial charge in [-0.3, -0.25) is 14.4 Å². The highest BCUT2D eigenvalue weighted by molar-refractivity contribution is 6.42. The van der Waals surface area contributed by atoms with Gasteiger partial charge in [-0.1, -0.05) is 35.3 Å². The minimum absolute atomic E-state index is 0.169. The average molecular weight is 454 g/mol. The molecule has 154 valence electrons. The zero-order valence-electron chi connectivity index (χ0n) is 15.8. The van der Waals surface area contributed by atoms with E-state index in [-0.39, 0.29) is 16.1 Å². The van der Waals surface area contributed by atoms with Gasteiger partial charge in [-0.05, 0) is 54.6 Å². The number of anilines is 1. The molecule has 6 nitrogen and oxygen atoms in total. The summed E-state index contributed by atoms with van der Waals surface area (Å²) in [7, 11) is 0. The summed E-state index contributed by atoms with van der Waals surface area (Å²) in [4.78, 5) is 50.6. The van der Waals surface area contributed by atoms with Crippen molar-refractivity contribution in [3.63, 3.8) is 0 Å². The maximum atomic E-state index is 12.5. The number of ether oxygens (including phenoxy) is 1. The van der Waals surface area contributed by atoms with Crippen molar-refractivity contribution in [1.29, 1.82) is 0 Å². The molecule has 31 heavy (non-hydrogen) atoms. The zero-order chi connectivity index (χ0) is 22.1. The van der Waals surface area contributed by atoms with Crippen LogP contribution in [-0.2, 0) is 4.74 Å². The SMILES string of the molecule is O=C(COC(=O)c1ccc(N2C(=O)c3ccccc3C2=O)cc1)c1ccc(Cl)c(Cl)c1. The number of halogens is 2. The third kappa shape index (κ3) is 3.95. The van der Waals surface area contributed by atoms with Gasteiger partial charge < -0.3 is 4.74 Å². The molecule has 0 fully saturated rings. The summed E-state index contributed by atoms with van der Waals surface area (Å²) in [5, 5.41) is 0.538. The molecular formula is C23H13Cl2NO5. The van der Waals surface area contributed by atoms with Crippen LogP contribution >= 0.6 is 23.2 Å². The summed E-state index contributed by atoms with van der Waals surface area (Å²) in [6.07, 6.45) is 0. The Labute approximate surface area is 186 Å². The van der Waals surface area contributed by atoms with Gasteiger partial charge in [0.2, 0.25) is 0 Å². The fourth-order valence-corrected chi connectivity index (χ4v) is 3.44. The molecule has 0 N–H and O–H groups in total. The van der Waals surface area contributed by atoms with E-state index < -0.39 is 30.2 Å². The standard InChI is InChI=1S/C23H13Cl2NO5/c24-18-10-7-14(11-19(18)25)20(27)12-31-23(30)13-5-8-15(9-6-13)26-21(28)16-3-1-2-4-17(16)22(26)29/h1-11H,12H2. The molecule has 0 unspecified atom stereocenters. The molecule has 3 aromatic rings. The summed E-state index contributed by atoms with van der Waals surface area (Å²) >= 11 is 11.7. The third-order valence-corrected chi connectivity index (χ3v) is 5.47. The molecule has 1 aliphatic rings. The van der Waals surface area contributed by atoms with Gasteiger partial charge in [-0.25, -0.2) is 9.69 Å². The Kier molecular flexibility index (Phi) is 5.59. The number of amides is 2. The van der Waals surface area contributed by atoms with Crippen LogP contribution in [0.4, 0.5) is 5.69 Å². The van der Waals surface area contributed by atoms with Gasteiger partial charge in [0.15, 0.2) is 12.4 Å². The van der Waals surface area contributed by atoms with Crippen LogP contribution in [0.25, 0.3) is 0 Å². The van der Waals surface area contributed by atoms with Crippen molar-refractivity contribution in [2.24, 2.45) is 0 Å². The number of Topliss-reactive ketones (excluding diaryl/α,β-unsaturated/α-hetero) is 1. The molecular weight excluding hydrogens is 441 g/mol. The van der Waals surface area contributed by atoms with Gasteiger partial charge in [0, 0.05) is 5.56 Å². The Morgan fingerprint density at radius 2 is 1.35 bits per heavy atom. The van der Waals surface area contributed by atoms with Crippen LogP contribution in [0.15, 0.2) is 66.7 Å². The molecule has 0 saturated heterocycles. The topological polar surface area (TPSA) is 80.8 Å². The van der Waals surface area contributed by atoms with Gasteiger partial charge in [0.05, 0.1) is 32.4 Å². The summed E-state index contributed by atoms with van der Waals surface area (Å²) in [6.45, 7) is -0.475. The number of hydrogen-bond donors (Lipinski definition) is 0. The van der Waals surface area contributed by atoms with Crippen LogP contribution in [0, 0.1) is 0 Å². The Morgan fingerprint density at radius 1 is 0.774 bits per heavy atom. The predicted octanol–water partition coefficient (Wildman–Crippen LogP) is 4.83. The quantitative estimate of drug-likeness (QED) is 0.313. The Bertz CT molecular complexity index is 1200. The Hall–Kier alpha value is -3.48. The normalized spacial score (nSPS) is 12.6. The Balaban J connectivity index is 1.43. The second kappa shape index (κ2) is 8.34. The maximum Gasteiger partial charge on any atom is 0.338 e. The van der Waals surface area contributed by atoms with E-state index in [2.05, 4.69) is 0 Å². The monoisotopic (exact) mass is 453 g/mol. The molecule has 0 bridgehead atoms. The highest BCUT2D eigenvalue weighted by atomic mass is 35.5. The molecule has 0 spiro atoms. The first kappa shape index (κ1) is 20.8. The first-order valence-corrected chi connectivity index (χ1v) is 9.85. The van der Waals surface area contributed by atoms with Crippen LogP contribution in [-0.4, -0.2) is 30.2 Å².